The highest BCUT2D eigenvalue weighted by atomic mass is 32.2. The summed E-state index contributed by atoms with van der Waals surface area (Å²) in [5.74, 6) is -1.40. The van der Waals surface area contributed by atoms with E-state index in [1.807, 2.05) is 13.8 Å². The number of thioether (sulfide) groups is 1. The zero-order chi connectivity index (χ0) is 23.0. The summed E-state index contributed by atoms with van der Waals surface area (Å²) in [7, 11) is 0. The van der Waals surface area contributed by atoms with Crippen LogP contribution in [0, 0.1) is 0 Å². The number of hydrogen-bond donors (Lipinski definition) is 2. The lowest BCUT2D eigenvalue weighted by Gasteiger charge is -2.16. The Kier molecular flexibility index (Phi) is 8.81. The minimum absolute atomic E-state index is 0.0285. The van der Waals surface area contributed by atoms with Crippen LogP contribution >= 0.6 is 11.8 Å². The molecule has 0 heterocycles. The Labute approximate surface area is 185 Å². The molecule has 2 aromatic rings. The number of hydrogen-bond acceptors (Lipinski definition) is 6. The van der Waals surface area contributed by atoms with Crippen molar-refractivity contribution in [1.29, 1.82) is 0 Å². The number of amides is 2. The number of Topliss-reactive ketones (excluding diaryl/α,β-unsaturated/α-hetero) is 1. The minimum Gasteiger partial charge on any atom is -0.449 e. The van der Waals surface area contributed by atoms with Crippen LogP contribution in [0.25, 0.3) is 0 Å². The average Bonchev–Trinajstić information content (AvgIpc) is 2.72. The van der Waals surface area contributed by atoms with Crippen molar-refractivity contribution in [1.82, 2.24) is 5.32 Å². The lowest BCUT2D eigenvalue weighted by atomic mass is 10.1. The van der Waals surface area contributed by atoms with E-state index in [4.69, 9.17) is 4.74 Å². The fraction of sp³-hybridized carbons (Fsp3) is 0.304. The van der Waals surface area contributed by atoms with Crippen LogP contribution in [0.3, 0.4) is 0 Å². The van der Waals surface area contributed by atoms with Crippen LogP contribution in [0.15, 0.2) is 53.4 Å². The third kappa shape index (κ3) is 7.25. The van der Waals surface area contributed by atoms with Crippen molar-refractivity contribution in [2.24, 2.45) is 0 Å². The van der Waals surface area contributed by atoms with Crippen LogP contribution < -0.4 is 10.6 Å². The van der Waals surface area contributed by atoms with Gasteiger partial charge in [0.1, 0.15) is 0 Å². The highest BCUT2D eigenvalue weighted by molar-refractivity contribution is 8.00. The number of ether oxygens (including phenoxy) is 1. The van der Waals surface area contributed by atoms with Gasteiger partial charge in [-0.2, -0.15) is 0 Å². The summed E-state index contributed by atoms with van der Waals surface area (Å²) in [4.78, 5) is 49.4. The molecule has 0 radical (unpaired) electrons. The fourth-order valence-electron chi connectivity index (χ4n) is 2.68. The Hall–Kier alpha value is -3.13. The monoisotopic (exact) mass is 442 g/mol. The average molecular weight is 443 g/mol. The summed E-state index contributed by atoms with van der Waals surface area (Å²) in [5, 5.41) is 5.42. The van der Waals surface area contributed by atoms with Crippen molar-refractivity contribution in [2.75, 3.05) is 11.1 Å². The molecule has 0 saturated heterocycles. The molecule has 0 bridgehead atoms. The Morgan fingerprint density at radius 3 is 2.19 bits per heavy atom. The minimum atomic E-state index is -1.09. The van der Waals surface area contributed by atoms with Crippen LogP contribution in [-0.4, -0.2) is 41.5 Å². The smallest absolute Gasteiger partial charge is 0.340 e. The van der Waals surface area contributed by atoms with Crippen LogP contribution in [-0.2, 0) is 14.3 Å². The van der Waals surface area contributed by atoms with E-state index in [0.29, 0.717) is 16.1 Å². The second-order valence-corrected chi connectivity index (χ2v) is 8.16. The molecule has 2 aromatic carbocycles. The molecule has 164 valence electrons. The summed E-state index contributed by atoms with van der Waals surface area (Å²) >= 11 is 1.22. The van der Waals surface area contributed by atoms with Crippen LogP contribution in [0.1, 0.15) is 48.4 Å². The Morgan fingerprint density at radius 1 is 0.935 bits per heavy atom. The third-order valence-electron chi connectivity index (χ3n) is 4.13. The van der Waals surface area contributed by atoms with Gasteiger partial charge in [-0.15, -0.1) is 11.8 Å². The normalized spacial score (nSPS) is 11.5. The van der Waals surface area contributed by atoms with Crippen molar-refractivity contribution in [3.05, 3.63) is 59.7 Å². The summed E-state index contributed by atoms with van der Waals surface area (Å²) in [6.45, 7) is 6.60. The second kappa shape index (κ2) is 11.3. The summed E-state index contributed by atoms with van der Waals surface area (Å²) in [6, 6.07) is 13.4. The van der Waals surface area contributed by atoms with Crippen LogP contribution in [0.4, 0.5) is 5.69 Å². The van der Waals surface area contributed by atoms with Crippen molar-refractivity contribution in [2.45, 2.75) is 44.7 Å². The number of carbonyl (C=O) groups is 4. The Morgan fingerprint density at radius 2 is 1.55 bits per heavy atom. The van der Waals surface area contributed by atoms with E-state index < -0.39 is 18.0 Å². The molecule has 8 heteroatoms. The molecule has 1 unspecified atom stereocenters. The largest absolute Gasteiger partial charge is 0.449 e. The van der Waals surface area contributed by atoms with E-state index in [0.717, 1.165) is 0 Å². The Balaban J connectivity index is 2.04. The number of rotatable bonds is 9. The van der Waals surface area contributed by atoms with E-state index in [-0.39, 0.29) is 29.0 Å². The third-order valence-corrected chi connectivity index (χ3v) is 5.21. The van der Waals surface area contributed by atoms with E-state index in [2.05, 4.69) is 10.6 Å². The summed E-state index contributed by atoms with van der Waals surface area (Å²) in [6.07, 6.45) is -1.09. The van der Waals surface area contributed by atoms with Gasteiger partial charge in [0.2, 0.25) is 5.91 Å². The first kappa shape index (κ1) is 24.1. The molecule has 0 saturated carbocycles. The first-order valence-electron chi connectivity index (χ1n) is 9.82. The molecule has 0 aliphatic rings. The van der Waals surface area contributed by atoms with E-state index >= 15 is 0 Å². The van der Waals surface area contributed by atoms with Crippen LogP contribution in [0.2, 0.25) is 0 Å². The van der Waals surface area contributed by atoms with Gasteiger partial charge < -0.3 is 15.4 Å². The van der Waals surface area contributed by atoms with Crippen molar-refractivity contribution < 1.29 is 23.9 Å². The van der Waals surface area contributed by atoms with E-state index in [1.54, 1.807) is 48.5 Å². The highest BCUT2D eigenvalue weighted by Gasteiger charge is 2.22. The van der Waals surface area contributed by atoms with Gasteiger partial charge >= 0.3 is 5.97 Å². The molecule has 0 aliphatic carbocycles. The molecule has 2 rings (SSSR count). The number of benzene rings is 2. The predicted molar refractivity (Wildman–Crippen MR) is 120 cm³/mol. The molecule has 31 heavy (non-hydrogen) atoms. The van der Waals surface area contributed by atoms with Gasteiger partial charge in [-0.25, -0.2) is 4.79 Å². The predicted octanol–water partition coefficient (Wildman–Crippen LogP) is 3.69. The number of ketones is 1. The number of para-hydroxylation sites is 1. The summed E-state index contributed by atoms with van der Waals surface area (Å²) < 4.78 is 5.33. The summed E-state index contributed by atoms with van der Waals surface area (Å²) in [5.41, 5.74) is 0.999. The van der Waals surface area contributed by atoms with E-state index in [9.17, 15) is 19.2 Å². The molecule has 0 spiro atoms. The number of nitrogens with one attached hydrogen (secondary N) is 2. The van der Waals surface area contributed by atoms with Gasteiger partial charge in [0, 0.05) is 16.5 Å². The Bertz CT molecular complexity index is 974. The fourth-order valence-corrected chi connectivity index (χ4v) is 3.53. The molecule has 2 N–H and O–H groups in total. The quantitative estimate of drug-likeness (QED) is 0.349. The maximum atomic E-state index is 12.7. The number of anilines is 1. The topological polar surface area (TPSA) is 102 Å². The number of carbonyl (C=O) groups excluding carboxylic acids is 4. The molecular weight excluding hydrogens is 416 g/mol. The van der Waals surface area contributed by atoms with E-state index in [1.165, 1.54) is 25.6 Å². The first-order valence-corrected chi connectivity index (χ1v) is 10.8. The van der Waals surface area contributed by atoms with Gasteiger partial charge in [0.05, 0.1) is 17.0 Å². The SMILES string of the molecule is CC(=O)c1ccccc1NC(=O)C(C)OC(=O)c1ccccc1SCC(=O)NC(C)C. The van der Waals surface area contributed by atoms with Crippen molar-refractivity contribution in [3.8, 4) is 0 Å². The van der Waals surface area contributed by atoms with Gasteiger partial charge in [-0.3, -0.25) is 14.4 Å². The van der Waals surface area contributed by atoms with Crippen molar-refractivity contribution >= 4 is 41.0 Å². The van der Waals surface area contributed by atoms with Crippen molar-refractivity contribution in [3.63, 3.8) is 0 Å². The number of esters is 1. The zero-order valence-corrected chi connectivity index (χ0v) is 18.7. The maximum absolute atomic E-state index is 12.7. The molecule has 1 atom stereocenters. The van der Waals surface area contributed by atoms with Gasteiger partial charge in [0.25, 0.3) is 5.91 Å². The van der Waals surface area contributed by atoms with Gasteiger partial charge in [-0.05, 0) is 52.0 Å². The molecule has 0 aromatic heterocycles. The lowest BCUT2D eigenvalue weighted by molar-refractivity contribution is -0.123. The lowest BCUT2D eigenvalue weighted by Crippen LogP contribution is -2.31. The molecule has 0 fully saturated rings. The van der Waals surface area contributed by atoms with Gasteiger partial charge in [0.15, 0.2) is 11.9 Å². The molecular formula is C23H26N2O5S. The van der Waals surface area contributed by atoms with Gasteiger partial charge in [-0.1, -0.05) is 24.3 Å². The molecule has 0 aliphatic heterocycles. The zero-order valence-electron chi connectivity index (χ0n) is 17.9. The molecule has 7 nitrogen and oxygen atoms in total. The second-order valence-electron chi connectivity index (χ2n) is 7.15. The maximum Gasteiger partial charge on any atom is 0.340 e. The first-order chi connectivity index (χ1) is 14.7. The van der Waals surface area contributed by atoms with Crippen LogP contribution in [0.5, 0.6) is 0 Å². The standard InChI is InChI=1S/C23H26N2O5S/c1-14(2)24-21(27)13-31-20-12-8-6-10-18(20)23(29)30-16(4)22(28)25-19-11-7-5-9-17(19)15(3)26/h5-12,14,16H,13H2,1-4H3,(H,24,27)(H,25,28). The highest BCUT2D eigenvalue weighted by Crippen LogP contribution is 2.24. The molecule has 2 amide bonds.